The molecule has 0 bridgehead atoms. The number of amides is 2. The summed E-state index contributed by atoms with van der Waals surface area (Å²) in [6.45, 7) is -0.0333. The molecule has 0 saturated heterocycles. The first-order chi connectivity index (χ1) is 15.9. The Morgan fingerprint density at radius 2 is 2.12 bits per heavy atom. The number of benzene rings is 1. The normalized spacial score (nSPS) is 10.6. The van der Waals surface area contributed by atoms with Crippen LogP contribution in [0.4, 0.5) is 5.69 Å². The standard InChI is InChI=1S/C22H20N8O3/c1-28(2)19(31)13-29-12-17(20(27-29)15-9-14(10-23)5-6-18(15)33-3)26-22(32)16-11-25-30-8-4-7-24-21(16)30/h4-9,11-12H,13H2,1-3H3,(H,26,32). The van der Waals surface area contributed by atoms with Crippen molar-refractivity contribution in [2.24, 2.45) is 0 Å². The van der Waals surface area contributed by atoms with Gasteiger partial charge in [-0.05, 0) is 24.3 Å². The van der Waals surface area contributed by atoms with E-state index in [9.17, 15) is 14.9 Å². The molecule has 4 rings (SSSR count). The van der Waals surface area contributed by atoms with Crippen LogP contribution in [0.1, 0.15) is 15.9 Å². The van der Waals surface area contributed by atoms with Gasteiger partial charge in [-0.25, -0.2) is 9.50 Å². The first kappa shape index (κ1) is 21.5. The number of nitrogens with one attached hydrogen (secondary N) is 1. The molecule has 0 unspecified atom stereocenters. The third-order valence-corrected chi connectivity index (χ3v) is 4.91. The van der Waals surface area contributed by atoms with Crippen molar-refractivity contribution in [1.82, 2.24) is 29.3 Å². The van der Waals surface area contributed by atoms with E-state index in [4.69, 9.17) is 4.74 Å². The minimum absolute atomic E-state index is 0.0333. The zero-order valence-corrected chi connectivity index (χ0v) is 18.2. The van der Waals surface area contributed by atoms with E-state index in [1.165, 1.54) is 27.4 Å². The van der Waals surface area contributed by atoms with Crippen molar-refractivity contribution in [3.05, 3.63) is 60.2 Å². The van der Waals surface area contributed by atoms with E-state index >= 15 is 0 Å². The molecule has 11 heteroatoms. The van der Waals surface area contributed by atoms with E-state index in [1.54, 1.807) is 57.0 Å². The molecule has 0 aliphatic heterocycles. The molecule has 3 heterocycles. The highest BCUT2D eigenvalue weighted by molar-refractivity contribution is 6.09. The number of carbonyl (C=O) groups excluding carboxylic acids is 2. The van der Waals surface area contributed by atoms with Crippen LogP contribution in [0.5, 0.6) is 5.75 Å². The molecule has 166 valence electrons. The van der Waals surface area contributed by atoms with Gasteiger partial charge >= 0.3 is 0 Å². The van der Waals surface area contributed by atoms with Crippen LogP contribution in [0.15, 0.2) is 49.1 Å². The fraction of sp³-hybridized carbons (Fsp3) is 0.182. The average Bonchev–Trinajstić information content (AvgIpc) is 3.42. The molecule has 1 aromatic carbocycles. The minimum Gasteiger partial charge on any atom is -0.496 e. The molecule has 11 nitrogen and oxygen atoms in total. The number of likely N-dealkylation sites (N-methyl/N-ethyl adjacent to an activating group) is 1. The van der Waals surface area contributed by atoms with Crippen molar-refractivity contribution in [1.29, 1.82) is 5.26 Å². The summed E-state index contributed by atoms with van der Waals surface area (Å²) in [5.74, 6) is -0.156. The molecule has 3 aromatic heterocycles. The van der Waals surface area contributed by atoms with E-state index in [1.807, 2.05) is 0 Å². The lowest BCUT2D eigenvalue weighted by atomic mass is 10.1. The molecule has 0 fully saturated rings. The highest BCUT2D eigenvalue weighted by atomic mass is 16.5. The molecule has 33 heavy (non-hydrogen) atoms. The number of hydrogen-bond acceptors (Lipinski definition) is 7. The Bertz CT molecular complexity index is 1400. The quantitative estimate of drug-likeness (QED) is 0.480. The van der Waals surface area contributed by atoms with Crippen molar-refractivity contribution in [3.63, 3.8) is 0 Å². The number of hydrogen-bond donors (Lipinski definition) is 1. The first-order valence-corrected chi connectivity index (χ1v) is 9.87. The Balaban J connectivity index is 1.78. The van der Waals surface area contributed by atoms with Crippen LogP contribution in [0.3, 0.4) is 0 Å². The second-order valence-electron chi connectivity index (χ2n) is 7.30. The maximum absolute atomic E-state index is 13.1. The summed E-state index contributed by atoms with van der Waals surface area (Å²) >= 11 is 0. The van der Waals surface area contributed by atoms with Gasteiger partial charge in [0.25, 0.3) is 5.91 Å². The Kier molecular flexibility index (Phi) is 5.73. The molecule has 2 amide bonds. The summed E-state index contributed by atoms with van der Waals surface area (Å²) in [4.78, 5) is 31.0. The lowest BCUT2D eigenvalue weighted by Crippen LogP contribution is -2.26. The number of methoxy groups -OCH3 is 1. The molecular formula is C22H20N8O3. The van der Waals surface area contributed by atoms with Crippen LogP contribution in [-0.2, 0) is 11.3 Å². The predicted octanol–water partition coefficient (Wildman–Crippen LogP) is 1.81. The van der Waals surface area contributed by atoms with Crippen molar-refractivity contribution >= 4 is 23.1 Å². The average molecular weight is 444 g/mol. The fourth-order valence-corrected chi connectivity index (χ4v) is 3.21. The van der Waals surface area contributed by atoms with E-state index in [0.29, 0.717) is 33.9 Å². The van der Waals surface area contributed by atoms with Gasteiger partial charge in [0.2, 0.25) is 5.91 Å². The second-order valence-corrected chi connectivity index (χ2v) is 7.30. The molecule has 4 aromatic rings. The molecule has 0 atom stereocenters. The molecular weight excluding hydrogens is 424 g/mol. The summed E-state index contributed by atoms with van der Waals surface area (Å²) in [5.41, 5.74) is 2.27. The Morgan fingerprint density at radius 3 is 2.85 bits per heavy atom. The number of nitrogens with zero attached hydrogens (tertiary/aromatic N) is 7. The summed E-state index contributed by atoms with van der Waals surface area (Å²) in [6.07, 6.45) is 6.25. The zero-order valence-electron chi connectivity index (χ0n) is 18.2. The van der Waals surface area contributed by atoms with Crippen LogP contribution in [0.25, 0.3) is 16.9 Å². The number of aromatic nitrogens is 5. The van der Waals surface area contributed by atoms with Crippen LogP contribution < -0.4 is 10.1 Å². The monoisotopic (exact) mass is 444 g/mol. The van der Waals surface area contributed by atoms with Gasteiger partial charge in [0.15, 0.2) is 5.65 Å². The number of nitriles is 1. The van der Waals surface area contributed by atoms with Crippen molar-refractivity contribution < 1.29 is 14.3 Å². The van der Waals surface area contributed by atoms with E-state index in [-0.39, 0.29) is 18.0 Å². The molecule has 0 aliphatic rings. The van der Waals surface area contributed by atoms with Crippen LogP contribution in [0.2, 0.25) is 0 Å². The van der Waals surface area contributed by atoms with Gasteiger partial charge in [-0.2, -0.15) is 15.5 Å². The first-order valence-electron chi connectivity index (χ1n) is 9.87. The number of fused-ring (bicyclic) bond motifs is 1. The van der Waals surface area contributed by atoms with Gasteiger partial charge in [-0.1, -0.05) is 0 Å². The predicted molar refractivity (Wildman–Crippen MR) is 119 cm³/mol. The SMILES string of the molecule is COc1ccc(C#N)cc1-c1nn(CC(=O)N(C)C)cc1NC(=O)c1cnn2cccnc12. The number of anilines is 1. The summed E-state index contributed by atoms with van der Waals surface area (Å²) in [6, 6.07) is 8.69. The molecule has 0 aliphatic carbocycles. The zero-order chi connectivity index (χ0) is 23.5. The van der Waals surface area contributed by atoms with Crippen LogP contribution in [0, 0.1) is 11.3 Å². The van der Waals surface area contributed by atoms with Crippen molar-refractivity contribution in [2.75, 3.05) is 26.5 Å². The van der Waals surface area contributed by atoms with E-state index in [0.717, 1.165) is 0 Å². The maximum Gasteiger partial charge on any atom is 0.261 e. The highest BCUT2D eigenvalue weighted by Gasteiger charge is 2.21. The van der Waals surface area contributed by atoms with Gasteiger partial charge in [-0.15, -0.1) is 0 Å². The number of carbonyl (C=O) groups is 2. The lowest BCUT2D eigenvalue weighted by molar-refractivity contribution is -0.129. The molecule has 0 radical (unpaired) electrons. The third kappa shape index (κ3) is 4.22. The largest absolute Gasteiger partial charge is 0.496 e. The van der Waals surface area contributed by atoms with Gasteiger partial charge < -0.3 is 15.0 Å². The Morgan fingerprint density at radius 1 is 1.30 bits per heavy atom. The smallest absolute Gasteiger partial charge is 0.261 e. The maximum atomic E-state index is 13.1. The van der Waals surface area contributed by atoms with E-state index < -0.39 is 5.91 Å². The third-order valence-electron chi connectivity index (χ3n) is 4.91. The van der Waals surface area contributed by atoms with Gasteiger partial charge in [0.1, 0.15) is 23.6 Å². The Labute approximate surface area is 188 Å². The highest BCUT2D eigenvalue weighted by Crippen LogP contribution is 2.35. The van der Waals surface area contributed by atoms with Crippen molar-refractivity contribution in [2.45, 2.75) is 6.54 Å². The van der Waals surface area contributed by atoms with Crippen LogP contribution in [-0.4, -0.2) is 62.3 Å². The van der Waals surface area contributed by atoms with Crippen molar-refractivity contribution in [3.8, 4) is 23.1 Å². The topological polar surface area (TPSA) is 130 Å². The number of rotatable bonds is 6. The lowest BCUT2D eigenvalue weighted by Gasteiger charge is -2.10. The van der Waals surface area contributed by atoms with Gasteiger partial charge in [0.05, 0.1) is 30.6 Å². The minimum atomic E-state index is -0.446. The van der Waals surface area contributed by atoms with Gasteiger partial charge in [-0.3, -0.25) is 14.3 Å². The van der Waals surface area contributed by atoms with E-state index in [2.05, 4.69) is 26.6 Å². The summed E-state index contributed by atoms with van der Waals surface area (Å²) in [7, 11) is 4.79. The van der Waals surface area contributed by atoms with Crippen LogP contribution >= 0.6 is 0 Å². The summed E-state index contributed by atoms with van der Waals surface area (Å²) < 4.78 is 8.37. The summed E-state index contributed by atoms with van der Waals surface area (Å²) in [5, 5.41) is 20.8. The Hall–Kier alpha value is -4.72. The molecule has 1 N–H and O–H groups in total. The molecule has 0 spiro atoms. The number of ether oxygens (including phenoxy) is 1. The molecule has 0 saturated carbocycles. The second kappa shape index (κ2) is 8.80. The van der Waals surface area contributed by atoms with Gasteiger partial charge in [0, 0.05) is 38.2 Å². The fourth-order valence-electron chi connectivity index (χ4n) is 3.21.